The molecule has 0 aromatic heterocycles. The van der Waals surface area contributed by atoms with Crippen LogP contribution >= 0.6 is 0 Å². The molecule has 0 radical (unpaired) electrons. The third-order valence-corrected chi connectivity index (χ3v) is 2.21. The first-order valence-electron chi connectivity index (χ1n) is 3.44. The SMILES string of the molecule is NCC1CCCC1(N)N. The first kappa shape index (κ1) is 6.99. The molecular weight excluding hydrogens is 114 g/mol. The van der Waals surface area contributed by atoms with E-state index in [9.17, 15) is 0 Å². The Kier molecular flexibility index (Phi) is 1.75. The van der Waals surface area contributed by atoms with Gasteiger partial charge >= 0.3 is 0 Å². The van der Waals surface area contributed by atoms with E-state index in [0.717, 1.165) is 19.3 Å². The third-order valence-electron chi connectivity index (χ3n) is 2.21. The highest BCUT2D eigenvalue weighted by Gasteiger charge is 2.34. The lowest BCUT2D eigenvalue weighted by Gasteiger charge is -2.24. The average molecular weight is 129 g/mol. The first-order chi connectivity index (χ1) is 4.17. The van der Waals surface area contributed by atoms with Crippen molar-refractivity contribution in [2.45, 2.75) is 24.9 Å². The largest absolute Gasteiger partial charge is 0.330 e. The second kappa shape index (κ2) is 2.25. The first-order valence-corrected chi connectivity index (χ1v) is 3.44. The molecule has 0 bridgehead atoms. The van der Waals surface area contributed by atoms with Gasteiger partial charge in [0, 0.05) is 5.92 Å². The van der Waals surface area contributed by atoms with E-state index in [4.69, 9.17) is 17.2 Å². The molecular formula is C6H15N3. The normalized spacial score (nSPS) is 33.0. The molecule has 1 fully saturated rings. The van der Waals surface area contributed by atoms with Crippen molar-refractivity contribution in [3.63, 3.8) is 0 Å². The molecule has 1 aliphatic carbocycles. The maximum absolute atomic E-state index is 5.73. The second-order valence-electron chi connectivity index (χ2n) is 2.94. The molecule has 1 saturated carbocycles. The average Bonchev–Trinajstić information content (AvgIpc) is 2.08. The fourth-order valence-corrected chi connectivity index (χ4v) is 1.46. The molecule has 0 aromatic carbocycles. The molecule has 9 heavy (non-hydrogen) atoms. The summed E-state index contributed by atoms with van der Waals surface area (Å²) in [6.07, 6.45) is 3.16. The van der Waals surface area contributed by atoms with E-state index in [1.165, 1.54) is 0 Å². The molecule has 1 aliphatic rings. The molecule has 6 N–H and O–H groups in total. The van der Waals surface area contributed by atoms with Gasteiger partial charge in [-0.15, -0.1) is 0 Å². The molecule has 0 aromatic rings. The van der Waals surface area contributed by atoms with Crippen molar-refractivity contribution in [2.75, 3.05) is 6.54 Å². The molecule has 1 rings (SSSR count). The van der Waals surface area contributed by atoms with Gasteiger partial charge in [0.15, 0.2) is 0 Å². The summed E-state index contributed by atoms with van der Waals surface area (Å²) in [6.45, 7) is 0.632. The Morgan fingerprint density at radius 3 is 2.33 bits per heavy atom. The van der Waals surface area contributed by atoms with Crippen LogP contribution in [0.15, 0.2) is 0 Å². The summed E-state index contributed by atoms with van der Waals surface area (Å²) in [5.74, 6) is 0.345. The van der Waals surface area contributed by atoms with E-state index in [2.05, 4.69) is 0 Å². The summed E-state index contributed by atoms with van der Waals surface area (Å²) in [5.41, 5.74) is 16.4. The molecule has 54 valence electrons. The molecule has 0 aliphatic heterocycles. The summed E-state index contributed by atoms with van der Waals surface area (Å²) in [4.78, 5) is 0. The van der Waals surface area contributed by atoms with Gasteiger partial charge in [-0.25, -0.2) is 0 Å². The van der Waals surface area contributed by atoms with Gasteiger partial charge in [-0.2, -0.15) is 0 Å². The van der Waals surface area contributed by atoms with E-state index >= 15 is 0 Å². The minimum Gasteiger partial charge on any atom is -0.330 e. The minimum absolute atomic E-state index is 0.345. The summed E-state index contributed by atoms with van der Waals surface area (Å²) >= 11 is 0. The molecule has 3 heteroatoms. The lowest BCUT2D eigenvalue weighted by molar-refractivity contribution is 0.334. The number of hydrogen-bond acceptors (Lipinski definition) is 3. The summed E-state index contributed by atoms with van der Waals surface area (Å²) in [5, 5.41) is 0. The van der Waals surface area contributed by atoms with Gasteiger partial charge in [-0.1, -0.05) is 0 Å². The molecule has 0 heterocycles. The highest BCUT2D eigenvalue weighted by atomic mass is 15.0. The van der Waals surface area contributed by atoms with E-state index in [1.807, 2.05) is 0 Å². The summed E-state index contributed by atoms with van der Waals surface area (Å²) in [7, 11) is 0. The molecule has 0 spiro atoms. The van der Waals surface area contributed by atoms with Gasteiger partial charge in [0.05, 0.1) is 5.66 Å². The molecule has 0 saturated heterocycles. The van der Waals surface area contributed by atoms with E-state index in [0.29, 0.717) is 12.5 Å². The van der Waals surface area contributed by atoms with Gasteiger partial charge < -0.3 is 17.2 Å². The van der Waals surface area contributed by atoms with Crippen LogP contribution < -0.4 is 17.2 Å². The van der Waals surface area contributed by atoms with Crippen LogP contribution in [0.3, 0.4) is 0 Å². The molecule has 0 amide bonds. The predicted molar refractivity (Wildman–Crippen MR) is 37.5 cm³/mol. The standard InChI is InChI=1S/C6H15N3/c7-4-5-2-1-3-6(5,8)9/h5H,1-4,7-9H2. The van der Waals surface area contributed by atoms with Crippen LogP contribution in [-0.2, 0) is 0 Å². The molecule has 1 unspecified atom stereocenters. The van der Waals surface area contributed by atoms with Crippen LogP contribution in [0.25, 0.3) is 0 Å². The Morgan fingerprint density at radius 1 is 1.44 bits per heavy atom. The highest BCUT2D eigenvalue weighted by molar-refractivity contribution is 4.91. The number of rotatable bonds is 1. The van der Waals surface area contributed by atoms with Gasteiger partial charge in [-0.3, -0.25) is 0 Å². The van der Waals surface area contributed by atoms with Crippen molar-refractivity contribution >= 4 is 0 Å². The monoisotopic (exact) mass is 129 g/mol. The van der Waals surface area contributed by atoms with E-state index in [-0.39, 0.29) is 0 Å². The third kappa shape index (κ3) is 1.23. The van der Waals surface area contributed by atoms with Crippen LogP contribution in [-0.4, -0.2) is 12.2 Å². The topological polar surface area (TPSA) is 78.1 Å². The van der Waals surface area contributed by atoms with Gasteiger partial charge in [-0.05, 0) is 25.8 Å². The predicted octanol–water partition coefficient (Wildman–Crippen LogP) is -0.641. The minimum atomic E-state index is -0.464. The van der Waals surface area contributed by atoms with Crippen molar-refractivity contribution in [3.8, 4) is 0 Å². The van der Waals surface area contributed by atoms with Crippen molar-refractivity contribution in [3.05, 3.63) is 0 Å². The zero-order chi connectivity index (χ0) is 6.91. The fraction of sp³-hybridized carbons (Fsp3) is 1.00. The zero-order valence-corrected chi connectivity index (χ0v) is 5.64. The smallest absolute Gasteiger partial charge is 0.0677 e. The van der Waals surface area contributed by atoms with Crippen molar-refractivity contribution < 1.29 is 0 Å². The van der Waals surface area contributed by atoms with Crippen molar-refractivity contribution in [1.29, 1.82) is 0 Å². The van der Waals surface area contributed by atoms with Crippen LogP contribution in [0.4, 0.5) is 0 Å². The van der Waals surface area contributed by atoms with E-state index < -0.39 is 5.66 Å². The fourth-order valence-electron chi connectivity index (χ4n) is 1.46. The molecule has 1 atom stereocenters. The Hall–Kier alpha value is -0.120. The maximum atomic E-state index is 5.73. The number of hydrogen-bond donors (Lipinski definition) is 3. The zero-order valence-electron chi connectivity index (χ0n) is 5.64. The summed E-state index contributed by atoms with van der Waals surface area (Å²) < 4.78 is 0. The van der Waals surface area contributed by atoms with Crippen molar-refractivity contribution in [2.24, 2.45) is 23.1 Å². The Labute approximate surface area is 55.6 Å². The number of nitrogens with two attached hydrogens (primary N) is 3. The van der Waals surface area contributed by atoms with Gasteiger partial charge in [0.25, 0.3) is 0 Å². The van der Waals surface area contributed by atoms with Gasteiger partial charge in [0.1, 0.15) is 0 Å². The van der Waals surface area contributed by atoms with E-state index in [1.54, 1.807) is 0 Å². The van der Waals surface area contributed by atoms with Gasteiger partial charge in [0.2, 0.25) is 0 Å². The highest BCUT2D eigenvalue weighted by Crippen LogP contribution is 2.28. The maximum Gasteiger partial charge on any atom is 0.0677 e. The van der Waals surface area contributed by atoms with Crippen molar-refractivity contribution in [1.82, 2.24) is 0 Å². The van der Waals surface area contributed by atoms with Crippen LogP contribution in [0.2, 0.25) is 0 Å². The Balaban J connectivity index is 2.52. The van der Waals surface area contributed by atoms with Crippen LogP contribution in [0.1, 0.15) is 19.3 Å². The summed E-state index contributed by atoms with van der Waals surface area (Å²) in [6, 6.07) is 0. The Bertz CT molecular complexity index is 100. The van der Waals surface area contributed by atoms with Crippen LogP contribution in [0.5, 0.6) is 0 Å². The quantitative estimate of drug-likeness (QED) is 0.412. The second-order valence-corrected chi connectivity index (χ2v) is 2.94. The lowest BCUT2D eigenvalue weighted by atomic mass is 9.99. The molecule has 3 nitrogen and oxygen atoms in total. The van der Waals surface area contributed by atoms with Crippen LogP contribution in [0, 0.1) is 5.92 Å². The lowest BCUT2D eigenvalue weighted by Crippen LogP contribution is -2.54. The Morgan fingerprint density at radius 2 is 2.11 bits per heavy atom.